The van der Waals surface area contributed by atoms with Crippen LogP contribution >= 0.6 is 11.3 Å². The Kier molecular flexibility index (Phi) is 8.03. The molecule has 0 aliphatic rings. The molecule has 5 nitrogen and oxygen atoms in total. The van der Waals surface area contributed by atoms with Crippen molar-refractivity contribution in [3.8, 4) is 39.8 Å². The van der Waals surface area contributed by atoms with Gasteiger partial charge in [-0.05, 0) is 124 Å². The molecule has 0 spiro atoms. The SMILES string of the molecule is Cc1cc(C)c(-c2[nH]c3c4cc(Oc5ccc6c7ccc8sc9ccccc9c8c7n(-c7ccccn7)c6c5)ccc4c4ccccc4[n+]3c2-c2c(C)cc(C)cc2C)c(C)c1. The third-order valence-corrected chi connectivity index (χ3v) is 13.9. The number of thiophene rings is 1. The molecule has 1 N–H and O–H groups in total. The monoisotopic (exact) mass is 819 g/mol. The number of hydrogen-bond acceptors (Lipinski definition) is 3. The molecule has 0 atom stereocenters. The Balaban J connectivity index is 1.10. The van der Waals surface area contributed by atoms with E-state index in [1.807, 2.05) is 23.6 Å². The number of aromatic nitrogens is 4. The van der Waals surface area contributed by atoms with E-state index in [1.165, 1.54) is 92.0 Å². The number of H-pyrrole nitrogens is 1. The predicted octanol–water partition coefficient (Wildman–Crippen LogP) is 14.9. The van der Waals surface area contributed by atoms with Gasteiger partial charge in [0.25, 0.3) is 5.65 Å². The van der Waals surface area contributed by atoms with Crippen LogP contribution in [0.3, 0.4) is 0 Å². The molecular formula is C56H43N4OS+. The Bertz CT molecular complexity index is 3800. The van der Waals surface area contributed by atoms with E-state index in [9.17, 15) is 0 Å². The average molecular weight is 820 g/mol. The zero-order valence-corrected chi connectivity index (χ0v) is 36.3. The molecule has 5 heterocycles. The van der Waals surface area contributed by atoms with Gasteiger partial charge in [0, 0.05) is 65.1 Å². The van der Waals surface area contributed by atoms with Crippen molar-refractivity contribution in [2.75, 3.05) is 0 Å². The molecule has 0 fully saturated rings. The van der Waals surface area contributed by atoms with Crippen molar-refractivity contribution < 1.29 is 9.14 Å². The third kappa shape index (κ3) is 5.39. The van der Waals surface area contributed by atoms with E-state index in [1.54, 1.807) is 0 Å². The molecule has 6 heteroatoms. The summed E-state index contributed by atoms with van der Waals surface area (Å²) in [6, 6.07) is 50.4. The van der Waals surface area contributed by atoms with E-state index in [4.69, 9.17) is 9.72 Å². The molecule has 0 radical (unpaired) electrons. The third-order valence-electron chi connectivity index (χ3n) is 12.8. The zero-order valence-electron chi connectivity index (χ0n) is 35.5. The predicted molar refractivity (Wildman–Crippen MR) is 260 cm³/mol. The molecule has 0 bridgehead atoms. The fraction of sp³-hybridized carbons (Fsp3) is 0.107. The molecule has 0 aliphatic carbocycles. The van der Waals surface area contributed by atoms with E-state index < -0.39 is 0 Å². The van der Waals surface area contributed by atoms with Gasteiger partial charge in [0.15, 0.2) is 11.4 Å². The summed E-state index contributed by atoms with van der Waals surface area (Å²) in [5.74, 6) is 2.40. The zero-order chi connectivity index (χ0) is 42.0. The standard InChI is InChI=1S/C56H42N4OS/c1-31-25-33(3)50(34(4)26-31)53-55(51-35(5)27-32(2)28-36(51)6)60-45-15-9-7-13-40(45)39-20-18-37(29-44(39)56(60)58-53)61-38-19-21-41-42-22-23-48-52(43-14-8-10-16-47(43)62-48)54(42)59(46(41)30-38)49-17-11-12-24-57-49/h7-30H,1-6H3/p+1. The highest BCUT2D eigenvalue weighted by Gasteiger charge is 2.31. The van der Waals surface area contributed by atoms with Gasteiger partial charge in [-0.25, -0.2) is 9.97 Å². The number of imidazole rings is 1. The number of aryl methyl sites for hydroxylation is 6. The number of benzene rings is 7. The van der Waals surface area contributed by atoms with Crippen molar-refractivity contribution in [2.24, 2.45) is 0 Å². The van der Waals surface area contributed by atoms with Gasteiger partial charge in [-0.2, -0.15) is 4.40 Å². The topological polar surface area (TPSA) is 46.9 Å². The average Bonchev–Trinajstić information content (AvgIpc) is 3.93. The van der Waals surface area contributed by atoms with Crippen molar-refractivity contribution in [1.29, 1.82) is 0 Å². The number of nitrogens with zero attached hydrogens (tertiary/aromatic N) is 3. The number of pyridine rings is 2. The number of rotatable bonds is 5. The summed E-state index contributed by atoms with van der Waals surface area (Å²) in [6.07, 6.45) is 1.87. The van der Waals surface area contributed by atoms with Gasteiger partial charge in [0.05, 0.1) is 16.4 Å². The van der Waals surface area contributed by atoms with Gasteiger partial charge in [-0.1, -0.05) is 83.9 Å². The van der Waals surface area contributed by atoms with Crippen LogP contribution in [-0.2, 0) is 0 Å². The first-order chi connectivity index (χ1) is 30.2. The summed E-state index contributed by atoms with van der Waals surface area (Å²) in [6.45, 7) is 13.3. The smallest absolute Gasteiger partial charge is 0.293 e. The lowest BCUT2D eigenvalue weighted by molar-refractivity contribution is -0.465. The number of ether oxygens (including phenoxy) is 1. The molecule has 0 aliphatic heterocycles. The maximum Gasteiger partial charge on any atom is 0.293 e. The van der Waals surface area contributed by atoms with Crippen LogP contribution in [0, 0.1) is 41.5 Å². The fourth-order valence-electron chi connectivity index (χ4n) is 10.6. The van der Waals surface area contributed by atoms with Crippen molar-refractivity contribution in [3.05, 3.63) is 179 Å². The minimum Gasteiger partial charge on any atom is -0.457 e. The van der Waals surface area contributed by atoms with Crippen molar-refractivity contribution >= 4 is 80.6 Å². The lowest BCUT2D eigenvalue weighted by atomic mass is 9.91. The normalized spacial score (nSPS) is 12.0. The molecular weight excluding hydrogens is 777 g/mol. The molecule has 298 valence electrons. The highest BCUT2D eigenvalue weighted by Crippen LogP contribution is 2.45. The molecule has 12 aromatic rings. The van der Waals surface area contributed by atoms with Gasteiger partial charge >= 0.3 is 0 Å². The van der Waals surface area contributed by atoms with Crippen LogP contribution < -0.4 is 9.14 Å². The van der Waals surface area contributed by atoms with Crippen LogP contribution in [0.25, 0.3) is 97.6 Å². The highest BCUT2D eigenvalue weighted by atomic mass is 32.1. The lowest BCUT2D eigenvalue weighted by Gasteiger charge is -2.14. The van der Waals surface area contributed by atoms with Crippen molar-refractivity contribution in [3.63, 3.8) is 0 Å². The van der Waals surface area contributed by atoms with Gasteiger partial charge in [-0.3, -0.25) is 4.57 Å². The maximum atomic E-state index is 6.94. The van der Waals surface area contributed by atoms with Crippen LogP contribution in [0.15, 0.2) is 146 Å². The van der Waals surface area contributed by atoms with Gasteiger partial charge in [-0.15, -0.1) is 11.3 Å². The van der Waals surface area contributed by atoms with Crippen molar-refractivity contribution in [2.45, 2.75) is 41.5 Å². The van der Waals surface area contributed by atoms with Crippen LogP contribution in [0.4, 0.5) is 0 Å². The largest absolute Gasteiger partial charge is 0.457 e. The second-order valence-corrected chi connectivity index (χ2v) is 18.1. The minimum absolute atomic E-state index is 0.762. The Morgan fingerprint density at radius 3 is 1.94 bits per heavy atom. The molecule has 0 saturated carbocycles. The minimum atomic E-state index is 0.762. The first-order valence-electron chi connectivity index (χ1n) is 21.3. The van der Waals surface area contributed by atoms with E-state index in [2.05, 4.69) is 189 Å². The second kappa shape index (κ2) is 13.6. The maximum absolute atomic E-state index is 6.94. The number of fused-ring (bicyclic) bond motifs is 13. The number of hydrogen-bond donors (Lipinski definition) is 1. The molecule has 7 aromatic carbocycles. The Labute approximate surface area is 363 Å². The summed E-state index contributed by atoms with van der Waals surface area (Å²) in [7, 11) is 0. The second-order valence-electron chi connectivity index (χ2n) is 17.0. The number of aromatic amines is 1. The number of nitrogens with one attached hydrogen (secondary N) is 1. The summed E-state index contributed by atoms with van der Waals surface area (Å²) < 4.78 is 14.3. The van der Waals surface area contributed by atoms with E-state index in [-0.39, 0.29) is 0 Å². The quantitative estimate of drug-likeness (QED) is 0.139. The van der Waals surface area contributed by atoms with Crippen LogP contribution in [0.5, 0.6) is 11.5 Å². The highest BCUT2D eigenvalue weighted by molar-refractivity contribution is 7.26. The van der Waals surface area contributed by atoms with Crippen LogP contribution in [-0.4, -0.2) is 14.5 Å². The Morgan fingerprint density at radius 1 is 0.548 bits per heavy atom. The molecule has 5 aromatic heterocycles. The molecule has 12 rings (SSSR count). The molecule has 0 amide bonds. The number of para-hydroxylation sites is 1. The van der Waals surface area contributed by atoms with E-state index >= 15 is 0 Å². The van der Waals surface area contributed by atoms with Crippen LogP contribution in [0.2, 0.25) is 0 Å². The van der Waals surface area contributed by atoms with Crippen molar-refractivity contribution in [1.82, 2.24) is 14.5 Å². The summed E-state index contributed by atoms with van der Waals surface area (Å²) in [5, 5.41) is 8.32. The Morgan fingerprint density at radius 2 is 1.19 bits per heavy atom. The lowest BCUT2D eigenvalue weighted by Crippen LogP contribution is -2.24. The summed E-state index contributed by atoms with van der Waals surface area (Å²) >= 11 is 1.84. The summed E-state index contributed by atoms with van der Waals surface area (Å²) in [4.78, 5) is 8.96. The van der Waals surface area contributed by atoms with Gasteiger partial charge < -0.3 is 4.74 Å². The van der Waals surface area contributed by atoms with Gasteiger partial charge in [0.2, 0.25) is 0 Å². The van der Waals surface area contributed by atoms with Gasteiger partial charge in [0.1, 0.15) is 22.8 Å². The molecule has 62 heavy (non-hydrogen) atoms. The fourth-order valence-corrected chi connectivity index (χ4v) is 11.7. The Hall–Kier alpha value is -7.28. The molecule has 0 saturated heterocycles. The van der Waals surface area contributed by atoms with Crippen LogP contribution in [0.1, 0.15) is 33.4 Å². The van der Waals surface area contributed by atoms with E-state index in [0.717, 1.165) is 50.5 Å². The summed E-state index contributed by atoms with van der Waals surface area (Å²) in [5.41, 5.74) is 16.7. The first-order valence-corrected chi connectivity index (χ1v) is 22.1. The molecule has 0 unspecified atom stereocenters. The first kappa shape index (κ1) is 36.6. The van der Waals surface area contributed by atoms with E-state index in [0.29, 0.717) is 0 Å².